The van der Waals surface area contributed by atoms with Gasteiger partial charge in [-0.1, -0.05) is 24.3 Å². The number of aromatic nitrogens is 2. The summed E-state index contributed by atoms with van der Waals surface area (Å²) in [6.45, 7) is 1.63. The highest BCUT2D eigenvalue weighted by Crippen LogP contribution is 2.25. The van der Waals surface area contributed by atoms with Crippen molar-refractivity contribution in [2.75, 3.05) is 24.2 Å². The van der Waals surface area contributed by atoms with Crippen LogP contribution in [0, 0.1) is 0 Å². The second-order valence-corrected chi connectivity index (χ2v) is 7.09. The van der Waals surface area contributed by atoms with Gasteiger partial charge < -0.3 is 26.2 Å². The highest BCUT2D eigenvalue weighted by molar-refractivity contribution is 6.06. The Bertz CT molecular complexity index is 1050. The molecule has 0 spiro atoms. The van der Waals surface area contributed by atoms with Crippen molar-refractivity contribution in [1.29, 1.82) is 0 Å². The molecule has 8 heteroatoms. The molecule has 0 bridgehead atoms. The third-order valence-corrected chi connectivity index (χ3v) is 4.91. The molecular formula is C22H23N5O3. The second-order valence-electron chi connectivity index (χ2n) is 7.09. The number of nitrogens with zero attached hydrogens (tertiary/aromatic N) is 2. The number of nitrogen functional groups attached to an aromatic ring is 1. The number of rotatable bonds is 6. The van der Waals surface area contributed by atoms with Crippen LogP contribution in [0.1, 0.15) is 23.3 Å². The number of carbonyl (C=O) groups excluding carboxylic acids is 1. The van der Waals surface area contributed by atoms with E-state index in [4.69, 9.17) is 10.5 Å². The lowest BCUT2D eigenvalue weighted by atomic mass is 10.1. The number of hydrogen-bond acceptors (Lipinski definition) is 7. The number of nitrogens with one attached hydrogen (secondary N) is 2. The maximum atomic E-state index is 12.7. The number of ether oxygens (including phenoxy) is 1. The Morgan fingerprint density at radius 2 is 2.13 bits per heavy atom. The predicted octanol–water partition coefficient (Wildman–Crippen LogP) is 2.81. The van der Waals surface area contributed by atoms with Gasteiger partial charge in [0, 0.05) is 11.6 Å². The Morgan fingerprint density at radius 1 is 1.27 bits per heavy atom. The van der Waals surface area contributed by atoms with Crippen LogP contribution in [0.15, 0.2) is 54.7 Å². The molecule has 1 atom stereocenters. The highest BCUT2D eigenvalue weighted by atomic mass is 16.5. The Morgan fingerprint density at radius 3 is 2.93 bits per heavy atom. The van der Waals surface area contributed by atoms with Gasteiger partial charge in [0.25, 0.3) is 5.91 Å². The standard InChI is InChI=1S/C22H23N5O3/c23-21-20(22(29)27-17-8-1-2-9-19(17)28)26-18(12-25-21)14-5-3-7-16(11-14)30-13-15-6-4-10-24-15/h1-3,5,7-9,11-12,15,24,28H,4,6,10,13H2,(H2,23,25)(H,27,29). The van der Waals surface area contributed by atoms with E-state index < -0.39 is 5.91 Å². The van der Waals surface area contributed by atoms with Gasteiger partial charge in [0.15, 0.2) is 11.5 Å². The molecule has 8 nitrogen and oxygen atoms in total. The van der Waals surface area contributed by atoms with Gasteiger partial charge in [-0.05, 0) is 43.7 Å². The summed E-state index contributed by atoms with van der Waals surface area (Å²) in [4.78, 5) is 21.2. The lowest BCUT2D eigenvalue weighted by molar-refractivity contribution is 0.102. The molecule has 1 unspecified atom stereocenters. The van der Waals surface area contributed by atoms with Gasteiger partial charge in [0.05, 0.1) is 17.6 Å². The zero-order valence-corrected chi connectivity index (χ0v) is 16.3. The molecule has 4 rings (SSSR count). The molecule has 2 heterocycles. The van der Waals surface area contributed by atoms with Crippen LogP contribution in [0.5, 0.6) is 11.5 Å². The number of aromatic hydroxyl groups is 1. The molecule has 154 valence electrons. The Hall–Kier alpha value is -3.65. The van der Waals surface area contributed by atoms with Gasteiger partial charge in [-0.3, -0.25) is 4.79 Å². The number of para-hydroxylation sites is 2. The number of carbonyl (C=O) groups is 1. The van der Waals surface area contributed by atoms with Crippen molar-refractivity contribution in [3.05, 3.63) is 60.4 Å². The fourth-order valence-electron chi connectivity index (χ4n) is 3.31. The van der Waals surface area contributed by atoms with Crippen LogP contribution in [0.3, 0.4) is 0 Å². The molecule has 3 aromatic rings. The second kappa shape index (κ2) is 8.79. The zero-order valence-electron chi connectivity index (χ0n) is 16.3. The number of nitrogens with two attached hydrogens (primary N) is 1. The predicted molar refractivity (Wildman–Crippen MR) is 114 cm³/mol. The van der Waals surface area contributed by atoms with Gasteiger partial charge in [0.1, 0.15) is 18.1 Å². The zero-order chi connectivity index (χ0) is 20.9. The summed E-state index contributed by atoms with van der Waals surface area (Å²) in [5.41, 5.74) is 7.39. The summed E-state index contributed by atoms with van der Waals surface area (Å²) < 4.78 is 5.90. The molecule has 1 aliphatic rings. The third-order valence-electron chi connectivity index (χ3n) is 4.91. The first kappa shape index (κ1) is 19.7. The Kier molecular flexibility index (Phi) is 5.76. The molecule has 5 N–H and O–H groups in total. The lowest BCUT2D eigenvalue weighted by Crippen LogP contribution is -2.28. The normalized spacial score (nSPS) is 15.7. The first-order valence-corrected chi connectivity index (χ1v) is 9.78. The van der Waals surface area contributed by atoms with Crippen molar-refractivity contribution in [3.8, 4) is 22.8 Å². The van der Waals surface area contributed by atoms with E-state index in [2.05, 4.69) is 20.6 Å². The van der Waals surface area contributed by atoms with Crippen molar-refractivity contribution < 1.29 is 14.6 Å². The largest absolute Gasteiger partial charge is 0.506 e. The summed E-state index contributed by atoms with van der Waals surface area (Å²) in [6.07, 6.45) is 3.79. The van der Waals surface area contributed by atoms with Gasteiger partial charge in [-0.15, -0.1) is 0 Å². The minimum absolute atomic E-state index is 0.00591. The first-order chi connectivity index (χ1) is 14.6. The van der Waals surface area contributed by atoms with E-state index in [-0.39, 0.29) is 22.9 Å². The first-order valence-electron chi connectivity index (χ1n) is 9.78. The van der Waals surface area contributed by atoms with E-state index >= 15 is 0 Å². The maximum Gasteiger partial charge on any atom is 0.278 e. The van der Waals surface area contributed by atoms with Crippen LogP contribution in [0.2, 0.25) is 0 Å². The van der Waals surface area contributed by atoms with Gasteiger partial charge in [-0.2, -0.15) is 0 Å². The smallest absolute Gasteiger partial charge is 0.278 e. The lowest BCUT2D eigenvalue weighted by Gasteiger charge is -2.13. The molecule has 1 saturated heterocycles. The van der Waals surface area contributed by atoms with Gasteiger partial charge in [0.2, 0.25) is 0 Å². The van der Waals surface area contributed by atoms with E-state index in [0.717, 1.165) is 24.3 Å². The quantitative estimate of drug-likeness (QED) is 0.465. The average Bonchev–Trinajstić information content (AvgIpc) is 3.28. The number of anilines is 2. The Balaban J connectivity index is 1.53. The fourth-order valence-corrected chi connectivity index (χ4v) is 3.31. The number of hydrogen-bond donors (Lipinski definition) is 4. The van der Waals surface area contributed by atoms with Crippen molar-refractivity contribution in [3.63, 3.8) is 0 Å². The van der Waals surface area contributed by atoms with Crippen LogP contribution in [0.4, 0.5) is 11.5 Å². The van der Waals surface area contributed by atoms with E-state index in [1.807, 2.05) is 24.3 Å². The van der Waals surface area contributed by atoms with Gasteiger partial charge in [-0.25, -0.2) is 9.97 Å². The number of amides is 1. The van der Waals surface area contributed by atoms with Gasteiger partial charge >= 0.3 is 0 Å². The monoisotopic (exact) mass is 405 g/mol. The molecule has 1 amide bonds. The van der Waals surface area contributed by atoms with Crippen molar-refractivity contribution >= 4 is 17.4 Å². The SMILES string of the molecule is Nc1ncc(-c2cccc(OCC3CCCN3)c2)nc1C(=O)Nc1ccccc1O. The number of benzene rings is 2. The Labute approximate surface area is 174 Å². The fraction of sp³-hybridized carbons (Fsp3) is 0.227. The van der Waals surface area contributed by atoms with E-state index in [1.54, 1.807) is 18.2 Å². The summed E-state index contributed by atoms with van der Waals surface area (Å²) in [6, 6.07) is 14.3. The molecule has 1 aliphatic heterocycles. The van der Waals surface area contributed by atoms with Crippen molar-refractivity contribution in [2.24, 2.45) is 0 Å². The molecule has 0 aliphatic carbocycles. The number of phenols is 1. The van der Waals surface area contributed by atoms with E-state index in [0.29, 0.717) is 18.3 Å². The molecule has 1 fully saturated rings. The average molecular weight is 405 g/mol. The molecule has 1 aromatic heterocycles. The molecule has 0 radical (unpaired) electrons. The summed E-state index contributed by atoms with van der Waals surface area (Å²) in [7, 11) is 0. The molecule has 2 aromatic carbocycles. The van der Waals surface area contributed by atoms with Crippen LogP contribution >= 0.6 is 0 Å². The molecule has 30 heavy (non-hydrogen) atoms. The van der Waals surface area contributed by atoms with E-state index in [9.17, 15) is 9.90 Å². The minimum Gasteiger partial charge on any atom is -0.506 e. The molecule has 0 saturated carbocycles. The molecular weight excluding hydrogens is 382 g/mol. The third kappa shape index (κ3) is 4.49. The van der Waals surface area contributed by atoms with Crippen LogP contribution in [-0.4, -0.2) is 40.2 Å². The summed E-state index contributed by atoms with van der Waals surface area (Å²) >= 11 is 0. The van der Waals surface area contributed by atoms with Crippen LogP contribution < -0.4 is 21.1 Å². The minimum atomic E-state index is -0.553. The number of phenolic OH excluding ortho intramolecular Hbond substituents is 1. The van der Waals surface area contributed by atoms with E-state index in [1.165, 1.54) is 18.7 Å². The topological polar surface area (TPSA) is 122 Å². The maximum absolute atomic E-state index is 12.7. The van der Waals surface area contributed by atoms with Crippen LogP contribution in [-0.2, 0) is 0 Å². The van der Waals surface area contributed by atoms with Crippen molar-refractivity contribution in [2.45, 2.75) is 18.9 Å². The summed E-state index contributed by atoms with van der Waals surface area (Å²) in [5, 5.41) is 15.9. The highest BCUT2D eigenvalue weighted by Gasteiger charge is 2.17. The van der Waals surface area contributed by atoms with Crippen molar-refractivity contribution in [1.82, 2.24) is 15.3 Å². The van der Waals surface area contributed by atoms with Crippen LogP contribution in [0.25, 0.3) is 11.3 Å². The summed E-state index contributed by atoms with van der Waals surface area (Å²) in [5.74, 6) is 0.129.